The maximum atomic E-state index is 13.0. The highest BCUT2D eigenvalue weighted by Gasteiger charge is 2.48. The van der Waals surface area contributed by atoms with Gasteiger partial charge in [-0.25, -0.2) is 9.78 Å². The van der Waals surface area contributed by atoms with Crippen molar-refractivity contribution in [2.24, 2.45) is 0 Å². The molecular weight excluding hydrogens is 374 g/mol. The Morgan fingerprint density at radius 2 is 1.82 bits per heavy atom. The molecule has 4 rings (SSSR count). The summed E-state index contributed by atoms with van der Waals surface area (Å²) in [5, 5.41) is 5.46. The number of carbonyl (C=O) groups is 2. The summed E-state index contributed by atoms with van der Waals surface area (Å²) in [6.07, 6.45) is 0. The summed E-state index contributed by atoms with van der Waals surface area (Å²) in [4.78, 5) is 31.3. The smallest absolute Gasteiger partial charge is 0.325 e. The number of rotatable bonds is 5. The topological polar surface area (TPSA) is 71.5 Å². The minimum Gasteiger partial charge on any atom is -0.496 e. The third-order valence-electron chi connectivity index (χ3n) is 4.84. The number of methoxy groups -OCH3 is 1. The lowest BCUT2D eigenvalue weighted by atomic mass is 9.92. The van der Waals surface area contributed by atoms with Crippen LogP contribution in [0.25, 0.3) is 10.6 Å². The number of benzene rings is 2. The molecule has 1 atom stereocenters. The minimum absolute atomic E-state index is 0.124. The van der Waals surface area contributed by atoms with Gasteiger partial charge in [0.25, 0.3) is 5.91 Å². The lowest BCUT2D eigenvalue weighted by Crippen LogP contribution is -2.40. The van der Waals surface area contributed by atoms with Crippen molar-refractivity contribution in [1.82, 2.24) is 15.2 Å². The predicted molar refractivity (Wildman–Crippen MR) is 107 cm³/mol. The lowest BCUT2D eigenvalue weighted by Gasteiger charge is -2.21. The van der Waals surface area contributed by atoms with E-state index in [2.05, 4.69) is 10.3 Å². The van der Waals surface area contributed by atoms with Crippen LogP contribution in [0.15, 0.2) is 60.0 Å². The molecular formula is C21H19N3O3S. The van der Waals surface area contributed by atoms with E-state index in [9.17, 15) is 9.59 Å². The summed E-state index contributed by atoms with van der Waals surface area (Å²) in [6.45, 7) is 1.85. The first-order valence-corrected chi connectivity index (χ1v) is 9.68. The van der Waals surface area contributed by atoms with E-state index in [1.807, 2.05) is 60.0 Å². The standard InChI is InChI=1S/C21H19N3O3S/c1-21(14-8-4-3-5-9-14)19(25)24(20(26)23-21)12-15-13-28-18(22-15)16-10-6-7-11-17(16)27-2/h3-11,13H,12H2,1-2H3,(H,23,26). The third kappa shape index (κ3) is 3.03. The van der Waals surface area contributed by atoms with Gasteiger partial charge in [-0.3, -0.25) is 9.69 Å². The van der Waals surface area contributed by atoms with E-state index >= 15 is 0 Å². The Balaban J connectivity index is 1.58. The van der Waals surface area contributed by atoms with E-state index in [4.69, 9.17) is 4.74 Å². The molecule has 6 nitrogen and oxygen atoms in total. The molecule has 2 heterocycles. The summed E-state index contributed by atoms with van der Waals surface area (Å²) >= 11 is 1.45. The average molecular weight is 393 g/mol. The maximum Gasteiger partial charge on any atom is 0.325 e. The van der Waals surface area contributed by atoms with Gasteiger partial charge >= 0.3 is 6.03 Å². The number of amides is 3. The van der Waals surface area contributed by atoms with E-state index in [1.165, 1.54) is 16.2 Å². The molecule has 0 bridgehead atoms. The molecule has 1 unspecified atom stereocenters. The summed E-state index contributed by atoms with van der Waals surface area (Å²) in [5.41, 5.74) is 1.22. The number of aromatic nitrogens is 1. The second kappa shape index (κ2) is 7.09. The molecule has 0 aliphatic carbocycles. The summed E-state index contributed by atoms with van der Waals surface area (Å²) < 4.78 is 5.39. The number of nitrogens with one attached hydrogen (secondary N) is 1. The number of ether oxygens (including phenoxy) is 1. The molecule has 0 spiro atoms. The third-order valence-corrected chi connectivity index (χ3v) is 5.76. The summed E-state index contributed by atoms with van der Waals surface area (Å²) in [6, 6.07) is 16.5. The Hall–Kier alpha value is -3.19. The number of imide groups is 1. The Morgan fingerprint density at radius 1 is 1.11 bits per heavy atom. The molecule has 2 aromatic carbocycles. The van der Waals surface area contributed by atoms with Crippen LogP contribution >= 0.6 is 11.3 Å². The quantitative estimate of drug-likeness (QED) is 0.670. The maximum absolute atomic E-state index is 13.0. The zero-order chi connectivity index (χ0) is 19.7. The number of hydrogen-bond acceptors (Lipinski definition) is 5. The molecule has 1 N–H and O–H groups in total. The van der Waals surface area contributed by atoms with Gasteiger partial charge in [0, 0.05) is 5.38 Å². The fourth-order valence-electron chi connectivity index (χ4n) is 3.29. The Morgan fingerprint density at radius 3 is 2.57 bits per heavy atom. The zero-order valence-electron chi connectivity index (χ0n) is 15.5. The van der Waals surface area contributed by atoms with Crippen LogP contribution in [-0.4, -0.2) is 28.9 Å². The van der Waals surface area contributed by atoms with Gasteiger partial charge < -0.3 is 10.1 Å². The largest absolute Gasteiger partial charge is 0.496 e. The predicted octanol–water partition coefficient (Wildman–Crippen LogP) is 3.79. The van der Waals surface area contributed by atoms with Gasteiger partial charge in [-0.15, -0.1) is 11.3 Å². The van der Waals surface area contributed by atoms with Crippen LogP contribution in [0.1, 0.15) is 18.2 Å². The van der Waals surface area contributed by atoms with Gasteiger partial charge in [-0.1, -0.05) is 42.5 Å². The number of hydrogen-bond donors (Lipinski definition) is 1. The summed E-state index contributed by atoms with van der Waals surface area (Å²) in [5.74, 6) is 0.450. The first-order chi connectivity index (χ1) is 13.5. The van der Waals surface area contributed by atoms with E-state index < -0.39 is 11.6 Å². The Kier molecular flexibility index (Phi) is 4.60. The van der Waals surface area contributed by atoms with Gasteiger partial charge in [0.2, 0.25) is 0 Å². The molecule has 0 radical (unpaired) electrons. The van der Waals surface area contributed by atoms with Crippen molar-refractivity contribution in [2.75, 3.05) is 7.11 Å². The van der Waals surface area contributed by atoms with E-state index in [1.54, 1.807) is 14.0 Å². The van der Waals surface area contributed by atoms with Crippen LogP contribution < -0.4 is 10.1 Å². The highest BCUT2D eigenvalue weighted by molar-refractivity contribution is 7.13. The van der Waals surface area contributed by atoms with Crippen LogP contribution in [-0.2, 0) is 16.9 Å². The van der Waals surface area contributed by atoms with Crippen LogP contribution in [0, 0.1) is 0 Å². The van der Waals surface area contributed by atoms with Crippen LogP contribution in [0.4, 0.5) is 4.79 Å². The van der Waals surface area contributed by atoms with Crippen molar-refractivity contribution < 1.29 is 14.3 Å². The van der Waals surface area contributed by atoms with Crippen LogP contribution in [0.2, 0.25) is 0 Å². The molecule has 7 heteroatoms. The second-order valence-corrected chi connectivity index (χ2v) is 7.51. The fourth-order valence-corrected chi connectivity index (χ4v) is 4.13. The van der Waals surface area contributed by atoms with Crippen molar-refractivity contribution in [3.63, 3.8) is 0 Å². The molecule has 1 aliphatic rings. The fraction of sp³-hybridized carbons (Fsp3) is 0.190. The van der Waals surface area contributed by atoms with Gasteiger partial charge in [0.1, 0.15) is 16.3 Å². The molecule has 0 saturated carbocycles. The first kappa shape index (κ1) is 18.2. The van der Waals surface area contributed by atoms with Crippen molar-refractivity contribution in [3.05, 3.63) is 71.2 Å². The van der Waals surface area contributed by atoms with E-state index in [-0.39, 0.29) is 12.5 Å². The minimum atomic E-state index is -1.07. The van der Waals surface area contributed by atoms with E-state index in [0.717, 1.165) is 21.9 Å². The number of thiazole rings is 1. The molecule has 142 valence electrons. The number of nitrogens with zero attached hydrogens (tertiary/aromatic N) is 2. The van der Waals surface area contributed by atoms with Crippen LogP contribution in [0.3, 0.4) is 0 Å². The van der Waals surface area contributed by atoms with Gasteiger partial charge in [0.15, 0.2) is 0 Å². The Bertz CT molecular complexity index is 1030. The highest BCUT2D eigenvalue weighted by Crippen LogP contribution is 2.33. The SMILES string of the molecule is COc1ccccc1-c1nc(CN2C(=O)NC(C)(c3ccccc3)C2=O)cs1. The molecule has 1 aliphatic heterocycles. The van der Waals surface area contributed by atoms with Gasteiger partial charge in [0.05, 0.1) is 24.9 Å². The van der Waals surface area contributed by atoms with Crippen molar-refractivity contribution in [1.29, 1.82) is 0 Å². The zero-order valence-corrected chi connectivity index (χ0v) is 16.3. The molecule has 1 saturated heterocycles. The molecule has 3 amide bonds. The highest BCUT2D eigenvalue weighted by atomic mass is 32.1. The number of para-hydroxylation sites is 1. The molecule has 1 fully saturated rings. The van der Waals surface area contributed by atoms with Gasteiger partial charge in [-0.2, -0.15) is 0 Å². The van der Waals surface area contributed by atoms with Crippen LogP contribution in [0.5, 0.6) is 5.75 Å². The van der Waals surface area contributed by atoms with E-state index in [0.29, 0.717) is 5.69 Å². The first-order valence-electron chi connectivity index (χ1n) is 8.80. The Labute approximate surface area is 166 Å². The second-order valence-electron chi connectivity index (χ2n) is 6.66. The van der Waals surface area contributed by atoms with Gasteiger partial charge in [-0.05, 0) is 24.6 Å². The normalized spacial score (nSPS) is 19.0. The number of carbonyl (C=O) groups excluding carboxylic acids is 2. The van der Waals surface area contributed by atoms with Crippen molar-refractivity contribution in [2.45, 2.75) is 19.0 Å². The lowest BCUT2D eigenvalue weighted by molar-refractivity contribution is -0.131. The monoisotopic (exact) mass is 393 g/mol. The number of urea groups is 1. The summed E-state index contributed by atoms with van der Waals surface area (Å²) in [7, 11) is 1.62. The molecule has 28 heavy (non-hydrogen) atoms. The molecule has 3 aromatic rings. The average Bonchev–Trinajstić information content (AvgIpc) is 3.28. The molecule has 1 aromatic heterocycles. The van der Waals surface area contributed by atoms with Crippen molar-refractivity contribution >= 4 is 23.3 Å². The van der Waals surface area contributed by atoms with Crippen molar-refractivity contribution in [3.8, 4) is 16.3 Å².